The maximum atomic E-state index is 13.9. The van der Waals surface area contributed by atoms with Crippen LogP contribution < -0.4 is 10.6 Å². The summed E-state index contributed by atoms with van der Waals surface area (Å²) in [6, 6.07) is 5.19. The van der Waals surface area contributed by atoms with Gasteiger partial charge in [-0.25, -0.2) is 4.79 Å². The van der Waals surface area contributed by atoms with Crippen LogP contribution >= 0.6 is 0 Å². The van der Waals surface area contributed by atoms with Crippen molar-refractivity contribution < 1.29 is 33.8 Å². The number of aliphatic hydroxyl groups is 1. The monoisotopic (exact) mass is 535 g/mol. The molecule has 0 aliphatic heterocycles. The Labute approximate surface area is 226 Å². The topological polar surface area (TPSA) is 134 Å². The Morgan fingerprint density at radius 3 is 2.18 bits per heavy atom. The zero-order chi connectivity index (χ0) is 28.9. The number of nitrogens with one attached hydrogen (secondary N) is 2. The third-order valence-corrected chi connectivity index (χ3v) is 5.97. The van der Waals surface area contributed by atoms with Gasteiger partial charge in [0.2, 0.25) is 11.8 Å². The third-order valence-electron chi connectivity index (χ3n) is 5.97. The largest absolute Gasteiger partial charge is 0.466 e. The molecule has 3 unspecified atom stereocenters. The van der Waals surface area contributed by atoms with Crippen molar-refractivity contribution in [2.45, 2.75) is 85.4 Å². The Hall–Kier alpha value is -3.14. The van der Waals surface area contributed by atoms with Gasteiger partial charge in [-0.1, -0.05) is 51.5 Å². The van der Waals surface area contributed by atoms with Gasteiger partial charge in [-0.05, 0) is 51.2 Å². The fraction of sp³-hybridized carbons (Fsp3) is 0.643. The lowest BCUT2D eigenvalue weighted by Gasteiger charge is -2.35. The van der Waals surface area contributed by atoms with Gasteiger partial charge < -0.3 is 30.1 Å². The summed E-state index contributed by atoms with van der Waals surface area (Å²) < 4.78 is 10.3. The van der Waals surface area contributed by atoms with Gasteiger partial charge in [0.25, 0.3) is 0 Å². The summed E-state index contributed by atoms with van der Waals surface area (Å²) in [7, 11) is 0. The number of amides is 3. The van der Waals surface area contributed by atoms with E-state index in [2.05, 4.69) is 10.6 Å². The molecule has 38 heavy (non-hydrogen) atoms. The fourth-order valence-corrected chi connectivity index (χ4v) is 3.80. The summed E-state index contributed by atoms with van der Waals surface area (Å²) in [5.74, 6) is -1.77. The van der Waals surface area contributed by atoms with Crippen LogP contribution in [-0.2, 0) is 30.3 Å². The molecule has 0 aliphatic rings. The average molecular weight is 536 g/mol. The van der Waals surface area contributed by atoms with E-state index in [0.29, 0.717) is 12.0 Å². The average Bonchev–Trinajstić information content (AvgIpc) is 2.85. The number of alkyl carbamates (subject to hydrolysis) is 1. The van der Waals surface area contributed by atoms with Crippen LogP contribution in [0.5, 0.6) is 0 Å². The molecule has 3 atom stereocenters. The smallest absolute Gasteiger partial charge is 0.408 e. The van der Waals surface area contributed by atoms with Crippen molar-refractivity contribution in [3.63, 3.8) is 0 Å². The highest BCUT2D eigenvalue weighted by molar-refractivity contribution is 5.92. The number of benzene rings is 1. The van der Waals surface area contributed by atoms with Crippen molar-refractivity contribution in [1.29, 1.82) is 0 Å². The first kappa shape index (κ1) is 32.9. The Bertz CT molecular complexity index is 912. The lowest BCUT2D eigenvalue weighted by atomic mass is 9.95. The number of esters is 1. The normalized spacial score (nSPS) is 13.6. The van der Waals surface area contributed by atoms with E-state index in [1.54, 1.807) is 39.8 Å². The molecule has 0 fully saturated rings. The Morgan fingerprint density at radius 2 is 1.68 bits per heavy atom. The lowest BCUT2D eigenvalue weighted by Crippen LogP contribution is -2.55. The minimum absolute atomic E-state index is 0.0211. The van der Waals surface area contributed by atoms with Gasteiger partial charge in [0.1, 0.15) is 17.7 Å². The number of nitrogens with zero attached hydrogens (tertiary/aromatic N) is 1. The van der Waals surface area contributed by atoms with Gasteiger partial charge >= 0.3 is 12.1 Å². The van der Waals surface area contributed by atoms with Crippen molar-refractivity contribution in [2.75, 3.05) is 26.3 Å². The van der Waals surface area contributed by atoms with E-state index in [1.165, 1.54) is 4.90 Å². The molecule has 1 rings (SSSR count). The standard InChI is InChI=1S/C28H45N3O7/c1-8-19(4)23(30-27(36)38-28(5,6)7)26(35)31(17-18-32)24(21-13-11-20(9-2)12-14-21)25(34)29-16-15-22(33)37-10-3/h11-14,19,23-24,32H,8-10,15-18H2,1-7H3,(H,29,34)(H,30,36). The van der Waals surface area contributed by atoms with Gasteiger partial charge in [0, 0.05) is 13.1 Å². The van der Waals surface area contributed by atoms with Crippen LogP contribution in [0.25, 0.3) is 0 Å². The van der Waals surface area contributed by atoms with Gasteiger partial charge in [0.05, 0.1) is 19.6 Å². The molecule has 1 aromatic carbocycles. The van der Waals surface area contributed by atoms with E-state index in [-0.39, 0.29) is 32.0 Å². The van der Waals surface area contributed by atoms with E-state index in [1.807, 2.05) is 32.9 Å². The summed E-state index contributed by atoms with van der Waals surface area (Å²) in [5.41, 5.74) is 0.831. The summed E-state index contributed by atoms with van der Waals surface area (Å²) in [4.78, 5) is 53.0. The van der Waals surface area contributed by atoms with E-state index < -0.39 is 48.2 Å². The van der Waals surface area contributed by atoms with Crippen LogP contribution in [0.3, 0.4) is 0 Å². The molecule has 0 bridgehead atoms. The molecule has 0 radical (unpaired) electrons. The number of aryl methyl sites for hydroxylation is 1. The van der Waals surface area contributed by atoms with Crippen LogP contribution in [0.2, 0.25) is 0 Å². The number of ether oxygens (including phenoxy) is 2. The summed E-state index contributed by atoms with van der Waals surface area (Å²) in [6.45, 7) is 12.3. The first-order valence-corrected chi connectivity index (χ1v) is 13.3. The third kappa shape index (κ3) is 10.7. The fourth-order valence-electron chi connectivity index (χ4n) is 3.80. The molecule has 0 heterocycles. The maximum absolute atomic E-state index is 13.9. The molecular weight excluding hydrogens is 490 g/mol. The van der Waals surface area contributed by atoms with Crippen molar-refractivity contribution >= 4 is 23.9 Å². The van der Waals surface area contributed by atoms with Crippen LogP contribution in [0, 0.1) is 5.92 Å². The molecule has 10 heteroatoms. The predicted octanol–water partition coefficient (Wildman–Crippen LogP) is 3.12. The molecule has 3 amide bonds. The number of carbonyl (C=O) groups is 4. The Balaban J connectivity index is 3.38. The SMILES string of the molecule is CCOC(=O)CCNC(=O)C(c1ccc(CC)cc1)N(CCO)C(=O)C(NC(=O)OC(C)(C)C)C(C)CC. The Kier molecular flexibility index (Phi) is 13.8. The van der Waals surface area contributed by atoms with Gasteiger partial charge in [-0.3, -0.25) is 14.4 Å². The second-order valence-electron chi connectivity index (χ2n) is 10.1. The second kappa shape index (κ2) is 16.0. The number of hydrogen-bond donors (Lipinski definition) is 3. The maximum Gasteiger partial charge on any atom is 0.408 e. The first-order valence-electron chi connectivity index (χ1n) is 13.3. The second-order valence-corrected chi connectivity index (χ2v) is 10.1. The highest BCUT2D eigenvalue weighted by Gasteiger charge is 2.37. The number of hydrogen-bond acceptors (Lipinski definition) is 7. The molecule has 3 N–H and O–H groups in total. The zero-order valence-electron chi connectivity index (χ0n) is 23.8. The summed E-state index contributed by atoms with van der Waals surface area (Å²) in [6.07, 6.45) is 0.597. The van der Waals surface area contributed by atoms with Gasteiger partial charge in [0.15, 0.2) is 0 Å². The van der Waals surface area contributed by atoms with Crippen molar-refractivity contribution in [1.82, 2.24) is 15.5 Å². The van der Waals surface area contributed by atoms with Crippen molar-refractivity contribution in [3.8, 4) is 0 Å². The molecule has 0 spiro atoms. The molecule has 214 valence electrons. The van der Waals surface area contributed by atoms with E-state index >= 15 is 0 Å². The minimum Gasteiger partial charge on any atom is -0.466 e. The predicted molar refractivity (Wildman–Crippen MR) is 144 cm³/mol. The van der Waals surface area contributed by atoms with E-state index in [9.17, 15) is 24.3 Å². The summed E-state index contributed by atoms with van der Waals surface area (Å²) >= 11 is 0. The van der Waals surface area contributed by atoms with Gasteiger partial charge in [-0.2, -0.15) is 0 Å². The molecule has 0 saturated carbocycles. The quantitative estimate of drug-likeness (QED) is 0.312. The van der Waals surface area contributed by atoms with Crippen LogP contribution in [0.1, 0.15) is 78.5 Å². The summed E-state index contributed by atoms with van der Waals surface area (Å²) in [5, 5.41) is 15.3. The minimum atomic E-state index is -1.10. The van der Waals surface area contributed by atoms with Gasteiger partial charge in [-0.15, -0.1) is 0 Å². The van der Waals surface area contributed by atoms with Crippen LogP contribution in [0.4, 0.5) is 4.79 Å². The zero-order valence-corrected chi connectivity index (χ0v) is 23.8. The van der Waals surface area contributed by atoms with Crippen LogP contribution in [-0.4, -0.2) is 71.8 Å². The Morgan fingerprint density at radius 1 is 1.05 bits per heavy atom. The molecule has 0 aromatic heterocycles. The van der Waals surface area contributed by atoms with E-state index in [4.69, 9.17) is 9.47 Å². The molecule has 10 nitrogen and oxygen atoms in total. The molecular formula is C28H45N3O7. The number of rotatable bonds is 14. The molecule has 0 saturated heterocycles. The molecule has 0 aliphatic carbocycles. The first-order chi connectivity index (χ1) is 17.9. The molecule has 1 aromatic rings. The number of aliphatic hydroxyl groups excluding tert-OH is 1. The van der Waals surface area contributed by atoms with Crippen molar-refractivity contribution in [2.24, 2.45) is 5.92 Å². The highest BCUT2D eigenvalue weighted by Crippen LogP contribution is 2.25. The van der Waals surface area contributed by atoms with Crippen molar-refractivity contribution in [3.05, 3.63) is 35.4 Å². The van der Waals surface area contributed by atoms with Crippen LogP contribution in [0.15, 0.2) is 24.3 Å². The van der Waals surface area contributed by atoms with E-state index in [0.717, 1.165) is 12.0 Å². The lowest BCUT2D eigenvalue weighted by molar-refractivity contribution is -0.145. The highest BCUT2D eigenvalue weighted by atomic mass is 16.6. The number of carbonyl (C=O) groups excluding carboxylic acids is 4.